The molecule has 0 unspecified atom stereocenters. The summed E-state index contributed by atoms with van der Waals surface area (Å²) in [5.74, 6) is 0. The first kappa shape index (κ1) is 12.2. The maximum atomic E-state index is 12.2. The lowest BCUT2D eigenvalue weighted by molar-refractivity contribution is 0.109. The quantitative estimate of drug-likeness (QED) is 0.790. The number of hydrogen-bond acceptors (Lipinski definition) is 3. The van der Waals surface area contributed by atoms with Crippen molar-refractivity contribution in [3.05, 3.63) is 71.3 Å². The van der Waals surface area contributed by atoms with E-state index >= 15 is 0 Å². The predicted molar refractivity (Wildman–Crippen MR) is 79.9 cm³/mol. The first-order chi connectivity index (χ1) is 9.34. The molecule has 0 aromatic heterocycles. The van der Waals surface area contributed by atoms with Crippen LogP contribution in [0.1, 0.15) is 21.5 Å². The second-order valence-electron chi connectivity index (χ2n) is 4.35. The van der Waals surface area contributed by atoms with Crippen molar-refractivity contribution >= 4 is 21.9 Å². The van der Waals surface area contributed by atoms with Crippen molar-refractivity contribution < 1.29 is 4.79 Å². The summed E-state index contributed by atoms with van der Waals surface area (Å²) in [6, 6.07) is 17.5. The minimum atomic E-state index is 0.0519. The van der Waals surface area contributed by atoms with Crippen LogP contribution in [0.15, 0.2) is 59.6 Å². The lowest BCUT2D eigenvalue weighted by Gasteiger charge is -2.15. The summed E-state index contributed by atoms with van der Waals surface area (Å²) < 4.78 is 0. The molecule has 1 heterocycles. The molecule has 0 N–H and O–H groups in total. The van der Waals surface area contributed by atoms with Gasteiger partial charge < -0.3 is 0 Å². The second kappa shape index (κ2) is 5.41. The van der Waals surface area contributed by atoms with Crippen molar-refractivity contribution in [2.75, 3.05) is 6.54 Å². The van der Waals surface area contributed by atoms with E-state index in [1.54, 1.807) is 0 Å². The lowest BCUT2D eigenvalue weighted by Crippen LogP contribution is -2.12. The van der Waals surface area contributed by atoms with Crippen LogP contribution in [-0.2, 0) is 6.42 Å². The van der Waals surface area contributed by atoms with Gasteiger partial charge in [0.25, 0.3) is 0 Å². The van der Waals surface area contributed by atoms with Crippen LogP contribution in [0.2, 0.25) is 0 Å². The molecule has 3 rings (SSSR count). The number of carbonyl (C=O) groups is 1. The molecule has 0 fully saturated rings. The van der Waals surface area contributed by atoms with Gasteiger partial charge in [0.1, 0.15) is 5.04 Å². The van der Waals surface area contributed by atoms with E-state index in [0.29, 0.717) is 0 Å². The van der Waals surface area contributed by atoms with Gasteiger partial charge in [0.15, 0.2) is 0 Å². The molecular formula is C16H13NOS. The summed E-state index contributed by atoms with van der Waals surface area (Å²) in [7, 11) is 0. The summed E-state index contributed by atoms with van der Waals surface area (Å²) in [5, 5.41) is 0.895. The zero-order valence-corrected chi connectivity index (χ0v) is 11.2. The molecule has 0 spiro atoms. The zero-order valence-electron chi connectivity index (χ0n) is 10.4. The number of nitrogens with zero attached hydrogens (tertiary/aromatic N) is 1. The molecule has 19 heavy (non-hydrogen) atoms. The third kappa shape index (κ3) is 2.61. The van der Waals surface area contributed by atoms with Gasteiger partial charge in [0, 0.05) is 17.7 Å². The SMILES string of the molecule is O=C(SC1=NCCc2ccccc21)c1ccccc1. The van der Waals surface area contributed by atoms with Gasteiger partial charge in [-0.3, -0.25) is 9.79 Å². The number of hydrogen-bond donors (Lipinski definition) is 0. The number of rotatable bonds is 1. The molecular weight excluding hydrogens is 254 g/mol. The summed E-state index contributed by atoms with van der Waals surface area (Å²) in [4.78, 5) is 16.7. The Bertz CT molecular complexity index is 634. The van der Waals surface area contributed by atoms with Gasteiger partial charge in [0.2, 0.25) is 5.12 Å². The molecule has 0 saturated heterocycles. The number of thioether (sulfide) groups is 1. The molecule has 94 valence electrons. The van der Waals surface area contributed by atoms with Crippen molar-refractivity contribution in [3.8, 4) is 0 Å². The van der Waals surface area contributed by atoms with E-state index in [-0.39, 0.29) is 5.12 Å². The van der Waals surface area contributed by atoms with Crippen molar-refractivity contribution in [1.29, 1.82) is 0 Å². The zero-order chi connectivity index (χ0) is 13.1. The minimum Gasteiger partial charge on any atom is -0.281 e. The number of fused-ring (bicyclic) bond motifs is 1. The highest BCUT2D eigenvalue weighted by Gasteiger charge is 2.17. The Hall–Kier alpha value is -1.87. The third-order valence-electron chi connectivity index (χ3n) is 3.08. The van der Waals surface area contributed by atoms with Crippen LogP contribution in [0.4, 0.5) is 0 Å². The molecule has 0 bridgehead atoms. The van der Waals surface area contributed by atoms with Crippen LogP contribution in [0.25, 0.3) is 0 Å². The van der Waals surface area contributed by atoms with Crippen LogP contribution < -0.4 is 0 Å². The Morgan fingerprint density at radius 2 is 1.74 bits per heavy atom. The van der Waals surface area contributed by atoms with Crippen LogP contribution in [0.5, 0.6) is 0 Å². The Balaban J connectivity index is 1.85. The highest BCUT2D eigenvalue weighted by atomic mass is 32.2. The lowest BCUT2D eigenvalue weighted by atomic mass is 10.0. The molecule has 0 amide bonds. The highest BCUT2D eigenvalue weighted by Crippen LogP contribution is 2.24. The van der Waals surface area contributed by atoms with E-state index in [9.17, 15) is 4.79 Å². The average molecular weight is 267 g/mol. The van der Waals surface area contributed by atoms with Gasteiger partial charge in [0.05, 0.1) is 0 Å². The second-order valence-corrected chi connectivity index (χ2v) is 5.31. The van der Waals surface area contributed by atoms with Crippen molar-refractivity contribution in [2.45, 2.75) is 6.42 Å². The van der Waals surface area contributed by atoms with Gasteiger partial charge >= 0.3 is 0 Å². The van der Waals surface area contributed by atoms with Gasteiger partial charge in [-0.2, -0.15) is 0 Å². The molecule has 0 aliphatic carbocycles. The smallest absolute Gasteiger partial charge is 0.225 e. The highest BCUT2D eigenvalue weighted by molar-refractivity contribution is 8.27. The molecule has 1 aliphatic rings. The minimum absolute atomic E-state index is 0.0519. The fraction of sp³-hybridized carbons (Fsp3) is 0.125. The van der Waals surface area contributed by atoms with E-state index in [2.05, 4.69) is 11.1 Å². The van der Waals surface area contributed by atoms with Crippen LogP contribution in [0, 0.1) is 0 Å². The Kier molecular flexibility index (Phi) is 3.47. The van der Waals surface area contributed by atoms with E-state index in [1.807, 2.05) is 48.5 Å². The van der Waals surface area contributed by atoms with E-state index in [0.717, 1.165) is 29.1 Å². The topological polar surface area (TPSA) is 29.4 Å². The first-order valence-corrected chi connectivity index (χ1v) is 7.06. The van der Waals surface area contributed by atoms with Crippen LogP contribution in [0.3, 0.4) is 0 Å². The maximum Gasteiger partial charge on any atom is 0.225 e. The Morgan fingerprint density at radius 3 is 2.58 bits per heavy atom. The molecule has 0 saturated carbocycles. The maximum absolute atomic E-state index is 12.2. The van der Waals surface area contributed by atoms with Crippen LogP contribution in [-0.4, -0.2) is 16.7 Å². The third-order valence-corrected chi connectivity index (χ3v) is 4.05. The standard InChI is InChI=1S/C16H13NOS/c18-16(13-7-2-1-3-8-13)19-15-14-9-5-4-6-12(14)10-11-17-15/h1-9H,10-11H2. The molecule has 0 atom stereocenters. The fourth-order valence-corrected chi connectivity index (χ4v) is 3.01. The summed E-state index contributed by atoms with van der Waals surface area (Å²) in [6.07, 6.45) is 0.958. The molecule has 2 aromatic carbocycles. The average Bonchev–Trinajstić information content (AvgIpc) is 2.48. The van der Waals surface area contributed by atoms with Gasteiger partial charge in [-0.15, -0.1) is 0 Å². The van der Waals surface area contributed by atoms with E-state index in [1.165, 1.54) is 17.3 Å². The molecule has 1 aliphatic heterocycles. The van der Waals surface area contributed by atoms with Gasteiger partial charge in [-0.05, 0) is 23.7 Å². The molecule has 0 radical (unpaired) electrons. The predicted octanol–water partition coefficient (Wildman–Crippen LogP) is 3.56. The van der Waals surface area contributed by atoms with Crippen LogP contribution >= 0.6 is 11.8 Å². The van der Waals surface area contributed by atoms with Gasteiger partial charge in [-0.25, -0.2) is 0 Å². The normalized spacial score (nSPS) is 13.6. The van der Waals surface area contributed by atoms with E-state index in [4.69, 9.17) is 0 Å². The summed E-state index contributed by atoms with van der Waals surface area (Å²) in [6.45, 7) is 0.765. The first-order valence-electron chi connectivity index (χ1n) is 6.24. The largest absolute Gasteiger partial charge is 0.281 e. The fourth-order valence-electron chi connectivity index (χ4n) is 2.12. The molecule has 2 nitrogen and oxygen atoms in total. The molecule has 2 aromatic rings. The molecule has 3 heteroatoms. The van der Waals surface area contributed by atoms with Gasteiger partial charge in [-0.1, -0.05) is 54.6 Å². The number of carbonyl (C=O) groups excluding carboxylic acids is 1. The Morgan fingerprint density at radius 1 is 1.00 bits per heavy atom. The monoisotopic (exact) mass is 267 g/mol. The summed E-state index contributed by atoms with van der Waals surface area (Å²) in [5.41, 5.74) is 3.10. The number of aliphatic imine (C=N–C) groups is 1. The summed E-state index contributed by atoms with van der Waals surface area (Å²) >= 11 is 1.23. The Labute approximate surface area is 116 Å². The van der Waals surface area contributed by atoms with Crippen molar-refractivity contribution in [3.63, 3.8) is 0 Å². The van der Waals surface area contributed by atoms with Crippen molar-refractivity contribution in [1.82, 2.24) is 0 Å². The van der Waals surface area contributed by atoms with Crippen molar-refractivity contribution in [2.24, 2.45) is 4.99 Å². The van der Waals surface area contributed by atoms with E-state index < -0.39 is 0 Å². The number of benzene rings is 2.